The van der Waals surface area contributed by atoms with Gasteiger partial charge in [-0.1, -0.05) is 23.7 Å². The summed E-state index contributed by atoms with van der Waals surface area (Å²) in [5.74, 6) is 0.557. The molecule has 0 radical (unpaired) electrons. The number of amides is 1. The molecule has 5 nitrogen and oxygen atoms in total. The molecule has 3 rings (SSSR count). The van der Waals surface area contributed by atoms with E-state index < -0.39 is 6.10 Å². The summed E-state index contributed by atoms with van der Waals surface area (Å²) in [5.41, 5.74) is 1.02. The number of piperazine rings is 1. The van der Waals surface area contributed by atoms with Gasteiger partial charge in [0, 0.05) is 37.1 Å². The fourth-order valence-corrected chi connectivity index (χ4v) is 3.05. The Balaban J connectivity index is 1.74. The SMILES string of the molecule is CC(Oc1cccc(Cl)c1)C(=O)N1CCNCC1c1cccnc1. The summed E-state index contributed by atoms with van der Waals surface area (Å²) in [7, 11) is 0. The lowest BCUT2D eigenvalue weighted by Gasteiger charge is -2.37. The summed E-state index contributed by atoms with van der Waals surface area (Å²) in [6.45, 7) is 3.89. The van der Waals surface area contributed by atoms with Crippen molar-refractivity contribution < 1.29 is 9.53 Å². The Labute approximate surface area is 146 Å². The normalized spacial score (nSPS) is 18.9. The van der Waals surface area contributed by atoms with Gasteiger partial charge in [0.05, 0.1) is 6.04 Å². The number of hydrogen-bond acceptors (Lipinski definition) is 4. The molecule has 1 N–H and O–H groups in total. The fourth-order valence-electron chi connectivity index (χ4n) is 2.87. The van der Waals surface area contributed by atoms with Crippen LogP contribution in [0.4, 0.5) is 0 Å². The molecule has 1 saturated heterocycles. The second kappa shape index (κ2) is 7.64. The first-order valence-corrected chi connectivity index (χ1v) is 8.36. The number of carbonyl (C=O) groups excluding carboxylic acids is 1. The van der Waals surface area contributed by atoms with Crippen molar-refractivity contribution in [2.75, 3.05) is 19.6 Å². The molecule has 126 valence electrons. The summed E-state index contributed by atoms with van der Waals surface area (Å²) in [6, 6.07) is 10.9. The molecule has 1 aromatic heterocycles. The van der Waals surface area contributed by atoms with Crippen LogP contribution in [-0.4, -0.2) is 41.5 Å². The molecular formula is C18H20ClN3O2. The predicted molar refractivity (Wildman–Crippen MR) is 93.1 cm³/mol. The minimum Gasteiger partial charge on any atom is -0.481 e. The summed E-state index contributed by atoms with van der Waals surface area (Å²) in [5, 5.41) is 3.92. The van der Waals surface area contributed by atoms with Crippen LogP contribution >= 0.6 is 11.6 Å². The molecule has 0 aliphatic carbocycles. The molecule has 2 aromatic rings. The van der Waals surface area contributed by atoms with Crippen LogP contribution in [0.2, 0.25) is 5.02 Å². The van der Waals surface area contributed by atoms with Gasteiger partial charge in [-0.25, -0.2) is 0 Å². The van der Waals surface area contributed by atoms with Crippen LogP contribution in [0.5, 0.6) is 5.75 Å². The van der Waals surface area contributed by atoms with E-state index >= 15 is 0 Å². The third-order valence-electron chi connectivity index (χ3n) is 4.05. The molecule has 0 saturated carbocycles. The Hall–Kier alpha value is -2.11. The van der Waals surface area contributed by atoms with Gasteiger partial charge in [0.25, 0.3) is 5.91 Å². The van der Waals surface area contributed by atoms with Gasteiger partial charge in [-0.05, 0) is 36.8 Å². The monoisotopic (exact) mass is 345 g/mol. The molecule has 1 amide bonds. The number of hydrogen-bond donors (Lipinski definition) is 1. The first kappa shape index (κ1) is 16.7. The van der Waals surface area contributed by atoms with E-state index in [1.807, 2.05) is 17.0 Å². The van der Waals surface area contributed by atoms with Crippen molar-refractivity contribution in [2.24, 2.45) is 0 Å². The van der Waals surface area contributed by atoms with Gasteiger partial charge in [-0.3, -0.25) is 9.78 Å². The Bertz CT molecular complexity index is 696. The number of halogens is 1. The van der Waals surface area contributed by atoms with E-state index in [1.54, 1.807) is 43.6 Å². The lowest BCUT2D eigenvalue weighted by molar-refractivity contribution is -0.141. The summed E-state index contributed by atoms with van der Waals surface area (Å²) < 4.78 is 5.78. The van der Waals surface area contributed by atoms with Gasteiger partial charge in [0.2, 0.25) is 0 Å². The smallest absolute Gasteiger partial charge is 0.263 e. The van der Waals surface area contributed by atoms with Crippen molar-refractivity contribution in [1.29, 1.82) is 0 Å². The van der Waals surface area contributed by atoms with E-state index in [-0.39, 0.29) is 11.9 Å². The van der Waals surface area contributed by atoms with E-state index in [1.165, 1.54) is 0 Å². The van der Waals surface area contributed by atoms with E-state index in [2.05, 4.69) is 10.3 Å². The van der Waals surface area contributed by atoms with Crippen molar-refractivity contribution in [3.63, 3.8) is 0 Å². The maximum Gasteiger partial charge on any atom is 0.263 e. The highest BCUT2D eigenvalue weighted by atomic mass is 35.5. The van der Waals surface area contributed by atoms with Crippen molar-refractivity contribution in [2.45, 2.75) is 19.1 Å². The van der Waals surface area contributed by atoms with E-state index in [0.29, 0.717) is 23.9 Å². The minimum atomic E-state index is -0.583. The first-order valence-electron chi connectivity index (χ1n) is 7.98. The molecule has 24 heavy (non-hydrogen) atoms. The number of carbonyl (C=O) groups is 1. The van der Waals surface area contributed by atoms with Gasteiger partial charge in [-0.15, -0.1) is 0 Å². The maximum atomic E-state index is 12.9. The van der Waals surface area contributed by atoms with Crippen molar-refractivity contribution in [3.05, 3.63) is 59.4 Å². The van der Waals surface area contributed by atoms with Crippen LogP contribution in [0.3, 0.4) is 0 Å². The fraction of sp³-hybridized carbons (Fsp3) is 0.333. The van der Waals surface area contributed by atoms with Crippen LogP contribution in [0, 0.1) is 0 Å². The van der Waals surface area contributed by atoms with E-state index in [0.717, 1.165) is 12.1 Å². The van der Waals surface area contributed by atoms with Gasteiger partial charge in [0.1, 0.15) is 5.75 Å². The number of nitrogens with one attached hydrogen (secondary N) is 1. The molecule has 2 unspecified atom stereocenters. The lowest BCUT2D eigenvalue weighted by Crippen LogP contribution is -2.52. The molecule has 2 atom stereocenters. The molecule has 0 spiro atoms. The lowest BCUT2D eigenvalue weighted by atomic mass is 10.0. The Morgan fingerprint density at radius 3 is 3.04 bits per heavy atom. The number of pyridine rings is 1. The highest BCUT2D eigenvalue weighted by Crippen LogP contribution is 2.24. The molecular weight excluding hydrogens is 326 g/mol. The Kier molecular flexibility index (Phi) is 5.33. The molecule has 0 bridgehead atoms. The number of aromatic nitrogens is 1. The van der Waals surface area contributed by atoms with E-state index in [9.17, 15) is 4.79 Å². The quantitative estimate of drug-likeness (QED) is 0.925. The number of benzene rings is 1. The zero-order chi connectivity index (χ0) is 16.9. The highest BCUT2D eigenvalue weighted by molar-refractivity contribution is 6.30. The van der Waals surface area contributed by atoms with Gasteiger partial charge >= 0.3 is 0 Å². The Morgan fingerprint density at radius 2 is 2.29 bits per heavy atom. The van der Waals surface area contributed by atoms with Gasteiger partial charge in [0.15, 0.2) is 6.10 Å². The van der Waals surface area contributed by atoms with E-state index in [4.69, 9.17) is 16.3 Å². The molecule has 1 aromatic carbocycles. The van der Waals surface area contributed by atoms with Crippen LogP contribution < -0.4 is 10.1 Å². The zero-order valence-electron chi connectivity index (χ0n) is 13.5. The molecule has 1 fully saturated rings. The average molecular weight is 346 g/mol. The molecule has 1 aliphatic heterocycles. The summed E-state index contributed by atoms with van der Waals surface area (Å²) >= 11 is 5.97. The van der Waals surface area contributed by atoms with Crippen LogP contribution in [0.25, 0.3) is 0 Å². The topological polar surface area (TPSA) is 54.5 Å². The van der Waals surface area contributed by atoms with Crippen LogP contribution in [-0.2, 0) is 4.79 Å². The van der Waals surface area contributed by atoms with Crippen LogP contribution in [0.1, 0.15) is 18.5 Å². The second-order valence-corrected chi connectivity index (χ2v) is 6.19. The summed E-state index contributed by atoms with van der Waals surface area (Å²) in [6.07, 6.45) is 2.96. The molecule has 2 heterocycles. The standard InChI is InChI=1S/C18H20ClN3O2/c1-13(24-16-6-2-5-15(19)10-16)18(23)22-9-8-21-12-17(22)14-4-3-7-20-11-14/h2-7,10-11,13,17,21H,8-9,12H2,1H3. The third kappa shape index (κ3) is 3.86. The second-order valence-electron chi connectivity index (χ2n) is 5.76. The average Bonchev–Trinajstić information content (AvgIpc) is 2.62. The van der Waals surface area contributed by atoms with Crippen molar-refractivity contribution in [3.8, 4) is 5.75 Å². The Morgan fingerprint density at radius 1 is 1.42 bits per heavy atom. The predicted octanol–water partition coefficient (Wildman–Crippen LogP) is 2.68. The van der Waals surface area contributed by atoms with Gasteiger partial charge < -0.3 is 15.0 Å². The maximum absolute atomic E-state index is 12.9. The molecule has 1 aliphatic rings. The summed E-state index contributed by atoms with van der Waals surface area (Å²) in [4.78, 5) is 18.9. The van der Waals surface area contributed by atoms with Crippen molar-refractivity contribution >= 4 is 17.5 Å². The first-order chi connectivity index (χ1) is 11.6. The van der Waals surface area contributed by atoms with Crippen molar-refractivity contribution in [1.82, 2.24) is 15.2 Å². The third-order valence-corrected chi connectivity index (χ3v) is 4.29. The van der Waals surface area contributed by atoms with Gasteiger partial charge in [-0.2, -0.15) is 0 Å². The number of nitrogens with zero attached hydrogens (tertiary/aromatic N) is 2. The molecule has 6 heteroatoms. The number of ether oxygens (including phenoxy) is 1. The minimum absolute atomic E-state index is 0.0367. The largest absolute Gasteiger partial charge is 0.481 e. The zero-order valence-corrected chi connectivity index (χ0v) is 14.2. The van der Waals surface area contributed by atoms with Crippen LogP contribution in [0.15, 0.2) is 48.8 Å². The number of rotatable bonds is 4. The highest BCUT2D eigenvalue weighted by Gasteiger charge is 2.31.